The summed E-state index contributed by atoms with van der Waals surface area (Å²) < 4.78 is 23.3. The fourth-order valence-corrected chi connectivity index (χ4v) is 5.49. The Bertz CT molecular complexity index is 700. The Kier molecular flexibility index (Phi) is 5.34. The third kappa shape index (κ3) is 4.15. The highest BCUT2D eigenvalue weighted by Crippen LogP contribution is 2.20. The third-order valence-corrected chi connectivity index (χ3v) is 7.19. The monoisotopic (exact) mass is 365 g/mol. The van der Waals surface area contributed by atoms with Crippen molar-refractivity contribution in [1.29, 1.82) is 0 Å². The van der Waals surface area contributed by atoms with Crippen LogP contribution in [0.3, 0.4) is 0 Å². The van der Waals surface area contributed by atoms with Crippen molar-refractivity contribution in [2.75, 3.05) is 49.6 Å². The molecule has 7 heteroatoms. The van der Waals surface area contributed by atoms with Gasteiger partial charge in [-0.3, -0.25) is 9.69 Å². The Balaban J connectivity index is 1.55. The van der Waals surface area contributed by atoms with Gasteiger partial charge in [-0.25, -0.2) is 8.42 Å². The van der Waals surface area contributed by atoms with E-state index in [-0.39, 0.29) is 29.5 Å². The Morgan fingerprint density at radius 1 is 1.16 bits per heavy atom. The van der Waals surface area contributed by atoms with E-state index in [1.807, 2.05) is 25.1 Å². The van der Waals surface area contributed by atoms with Crippen LogP contribution in [0.15, 0.2) is 30.3 Å². The lowest BCUT2D eigenvalue weighted by Crippen LogP contribution is -2.55. The summed E-state index contributed by atoms with van der Waals surface area (Å²) >= 11 is 0. The zero-order valence-electron chi connectivity index (χ0n) is 15.0. The molecule has 3 rings (SSSR count). The van der Waals surface area contributed by atoms with Crippen molar-refractivity contribution in [3.63, 3.8) is 0 Å². The summed E-state index contributed by atoms with van der Waals surface area (Å²) in [5.41, 5.74) is 1.22. The highest BCUT2D eigenvalue weighted by atomic mass is 32.2. The molecular weight excluding hydrogens is 338 g/mol. The van der Waals surface area contributed by atoms with Crippen molar-refractivity contribution in [2.24, 2.45) is 0 Å². The quantitative estimate of drug-likeness (QED) is 0.791. The molecule has 2 fully saturated rings. The van der Waals surface area contributed by atoms with E-state index in [2.05, 4.69) is 21.9 Å². The second kappa shape index (κ2) is 7.33. The SMILES string of the molecule is C[C@@H](C(=O)N(C)[C@@H]1CCS(=O)(=O)C1)N1CCN(c2ccccc2)CC1. The molecule has 0 radical (unpaired) electrons. The number of carbonyl (C=O) groups is 1. The van der Waals surface area contributed by atoms with E-state index in [1.165, 1.54) is 5.69 Å². The highest BCUT2D eigenvalue weighted by Gasteiger charge is 2.35. The minimum atomic E-state index is -2.98. The largest absolute Gasteiger partial charge is 0.369 e. The van der Waals surface area contributed by atoms with Crippen LogP contribution in [0.2, 0.25) is 0 Å². The molecule has 0 unspecified atom stereocenters. The predicted molar refractivity (Wildman–Crippen MR) is 99.5 cm³/mol. The first-order valence-electron chi connectivity index (χ1n) is 8.88. The number of para-hydroxylation sites is 1. The van der Waals surface area contributed by atoms with Crippen LogP contribution in [-0.2, 0) is 14.6 Å². The van der Waals surface area contributed by atoms with E-state index in [0.717, 1.165) is 26.2 Å². The molecule has 2 aliphatic rings. The number of sulfone groups is 1. The number of benzene rings is 1. The standard InChI is InChI=1S/C18H27N3O3S/c1-15(18(22)19(2)17-8-13-25(23,24)14-17)20-9-11-21(12-10-20)16-6-4-3-5-7-16/h3-7,15,17H,8-14H2,1-2H3/t15-,17+/m0/s1. The van der Waals surface area contributed by atoms with E-state index in [4.69, 9.17) is 0 Å². The molecule has 0 aliphatic carbocycles. The number of hydrogen-bond donors (Lipinski definition) is 0. The number of rotatable bonds is 4. The first kappa shape index (κ1) is 18.2. The van der Waals surface area contributed by atoms with Crippen molar-refractivity contribution in [3.8, 4) is 0 Å². The minimum absolute atomic E-state index is 0.0234. The molecule has 6 nitrogen and oxygen atoms in total. The summed E-state index contributed by atoms with van der Waals surface area (Å²) in [6.45, 7) is 5.38. The van der Waals surface area contributed by atoms with Crippen LogP contribution in [0.1, 0.15) is 13.3 Å². The Morgan fingerprint density at radius 3 is 2.36 bits per heavy atom. The van der Waals surface area contributed by atoms with Crippen LogP contribution >= 0.6 is 0 Å². The maximum absolute atomic E-state index is 12.8. The summed E-state index contributed by atoms with van der Waals surface area (Å²) in [5, 5.41) is 0. The minimum Gasteiger partial charge on any atom is -0.369 e. The summed E-state index contributed by atoms with van der Waals surface area (Å²) in [4.78, 5) is 18.9. The number of likely N-dealkylation sites (N-methyl/N-ethyl adjacent to an activating group) is 1. The van der Waals surface area contributed by atoms with Crippen LogP contribution in [0.4, 0.5) is 5.69 Å². The van der Waals surface area contributed by atoms with Crippen LogP contribution in [0, 0.1) is 0 Å². The molecular formula is C18H27N3O3S. The van der Waals surface area contributed by atoms with Crippen molar-refractivity contribution in [2.45, 2.75) is 25.4 Å². The summed E-state index contributed by atoms with van der Waals surface area (Å²) in [6, 6.07) is 9.92. The summed E-state index contributed by atoms with van der Waals surface area (Å²) in [5.74, 6) is 0.318. The van der Waals surface area contributed by atoms with Gasteiger partial charge in [-0.2, -0.15) is 0 Å². The predicted octanol–water partition coefficient (Wildman–Crippen LogP) is 0.843. The molecule has 2 saturated heterocycles. The molecule has 25 heavy (non-hydrogen) atoms. The number of carbonyl (C=O) groups excluding carboxylic acids is 1. The lowest BCUT2D eigenvalue weighted by atomic mass is 10.1. The average molecular weight is 365 g/mol. The van der Waals surface area contributed by atoms with Gasteiger partial charge < -0.3 is 9.80 Å². The lowest BCUT2D eigenvalue weighted by Gasteiger charge is -2.40. The van der Waals surface area contributed by atoms with Crippen molar-refractivity contribution >= 4 is 21.4 Å². The maximum Gasteiger partial charge on any atom is 0.239 e. The van der Waals surface area contributed by atoms with E-state index in [9.17, 15) is 13.2 Å². The van der Waals surface area contributed by atoms with Crippen molar-refractivity contribution in [1.82, 2.24) is 9.80 Å². The van der Waals surface area contributed by atoms with Gasteiger partial charge in [-0.1, -0.05) is 18.2 Å². The Hall–Kier alpha value is -1.60. The molecule has 1 amide bonds. The molecule has 138 valence electrons. The number of nitrogens with zero attached hydrogens (tertiary/aromatic N) is 3. The van der Waals surface area contributed by atoms with Gasteiger partial charge in [-0.05, 0) is 25.5 Å². The van der Waals surface area contributed by atoms with E-state index < -0.39 is 9.84 Å². The molecule has 1 aromatic rings. The van der Waals surface area contributed by atoms with E-state index in [0.29, 0.717) is 6.42 Å². The van der Waals surface area contributed by atoms with Gasteiger partial charge in [0.1, 0.15) is 0 Å². The van der Waals surface area contributed by atoms with Crippen LogP contribution in [0.25, 0.3) is 0 Å². The summed E-state index contributed by atoms with van der Waals surface area (Å²) in [7, 11) is -1.24. The summed E-state index contributed by atoms with van der Waals surface area (Å²) in [6.07, 6.45) is 0.555. The van der Waals surface area contributed by atoms with Gasteiger partial charge in [-0.15, -0.1) is 0 Å². The fraction of sp³-hybridized carbons (Fsp3) is 0.611. The molecule has 0 N–H and O–H groups in total. The van der Waals surface area contributed by atoms with Gasteiger partial charge in [0.15, 0.2) is 9.84 Å². The molecule has 0 saturated carbocycles. The zero-order chi connectivity index (χ0) is 18.0. The second-order valence-corrected chi connectivity index (χ2v) is 9.27. The van der Waals surface area contributed by atoms with E-state index in [1.54, 1.807) is 11.9 Å². The van der Waals surface area contributed by atoms with Crippen molar-refractivity contribution in [3.05, 3.63) is 30.3 Å². The molecule has 1 aromatic carbocycles. The van der Waals surface area contributed by atoms with E-state index >= 15 is 0 Å². The second-order valence-electron chi connectivity index (χ2n) is 7.04. The van der Waals surface area contributed by atoms with Crippen LogP contribution < -0.4 is 4.90 Å². The number of anilines is 1. The van der Waals surface area contributed by atoms with Crippen LogP contribution in [-0.4, -0.2) is 80.9 Å². The average Bonchev–Trinajstić information content (AvgIpc) is 3.00. The zero-order valence-corrected chi connectivity index (χ0v) is 15.8. The smallest absolute Gasteiger partial charge is 0.239 e. The first-order chi connectivity index (χ1) is 11.9. The van der Waals surface area contributed by atoms with Gasteiger partial charge in [0.2, 0.25) is 5.91 Å². The number of hydrogen-bond acceptors (Lipinski definition) is 5. The Labute approximate surface area is 150 Å². The van der Waals surface area contributed by atoms with Gasteiger partial charge in [0.05, 0.1) is 17.5 Å². The number of amides is 1. The highest BCUT2D eigenvalue weighted by molar-refractivity contribution is 7.91. The topological polar surface area (TPSA) is 60.9 Å². The molecule has 0 bridgehead atoms. The van der Waals surface area contributed by atoms with Gasteiger partial charge >= 0.3 is 0 Å². The Morgan fingerprint density at radius 2 is 1.80 bits per heavy atom. The number of piperazine rings is 1. The van der Waals surface area contributed by atoms with Gasteiger partial charge in [0.25, 0.3) is 0 Å². The molecule has 2 aliphatic heterocycles. The normalized spacial score (nSPS) is 24.9. The fourth-order valence-electron chi connectivity index (χ4n) is 3.72. The molecule has 2 atom stereocenters. The third-order valence-electron chi connectivity index (χ3n) is 5.44. The van der Waals surface area contributed by atoms with Crippen LogP contribution in [0.5, 0.6) is 0 Å². The lowest BCUT2D eigenvalue weighted by molar-refractivity contribution is -0.136. The van der Waals surface area contributed by atoms with Crippen molar-refractivity contribution < 1.29 is 13.2 Å². The molecule has 0 spiro atoms. The van der Waals surface area contributed by atoms with Gasteiger partial charge in [0, 0.05) is 45.0 Å². The first-order valence-corrected chi connectivity index (χ1v) is 10.7. The molecule has 0 aromatic heterocycles. The maximum atomic E-state index is 12.8. The molecule has 2 heterocycles.